The van der Waals surface area contributed by atoms with Gasteiger partial charge in [-0.3, -0.25) is 0 Å². The molecule has 0 atom stereocenters. The third-order valence-electron chi connectivity index (χ3n) is 1.98. The fourth-order valence-electron chi connectivity index (χ4n) is 1.20. The second-order valence-electron chi connectivity index (χ2n) is 3.17. The van der Waals surface area contributed by atoms with E-state index in [9.17, 15) is 0 Å². The van der Waals surface area contributed by atoms with Gasteiger partial charge in [0.15, 0.2) is 5.82 Å². The zero-order chi connectivity index (χ0) is 10.7. The highest BCUT2D eigenvalue weighted by molar-refractivity contribution is 5.55. The van der Waals surface area contributed by atoms with E-state index >= 15 is 0 Å². The first-order chi connectivity index (χ1) is 7.29. The van der Waals surface area contributed by atoms with Gasteiger partial charge in [0.1, 0.15) is 0 Å². The van der Waals surface area contributed by atoms with Gasteiger partial charge in [-0.1, -0.05) is 0 Å². The molecule has 2 heterocycles. The lowest BCUT2D eigenvalue weighted by molar-refractivity contribution is 0.398. The minimum absolute atomic E-state index is 0.566. The molecule has 0 fully saturated rings. The molecule has 0 N–H and O–H groups in total. The van der Waals surface area contributed by atoms with E-state index in [0.717, 1.165) is 11.1 Å². The van der Waals surface area contributed by atoms with E-state index in [1.165, 1.54) is 0 Å². The van der Waals surface area contributed by atoms with Crippen molar-refractivity contribution in [1.29, 1.82) is 0 Å². The Bertz CT molecular complexity index is 454. The van der Waals surface area contributed by atoms with Gasteiger partial charge in [-0.05, 0) is 18.6 Å². The van der Waals surface area contributed by atoms with Crippen LogP contribution >= 0.6 is 0 Å². The SMILES string of the molecule is COc1cc(-c2ncc(C)cn2)ccn1. The summed E-state index contributed by atoms with van der Waals surface area (Å²) >= 11 is 0. The van der Waals surface area contributed by atoms with Crippen LogP contribution < -0.4 is 4.74 Å². The number of hydrogen-bond acceptors (Lipinski definition) is 4. The van der Waals surface area contributed by atoms with Crippen LogP contribution in [-0.2, 0) is 0 Å². The quantitative estimate of drug-likeness (QED) is 0.744. The third-order valence-corrected chi connectivity index (χ3v) is 1.98. The molecule has 2 rings (SSSR count). The number of nitrogens with zero attached hydrogens (tertiary/aromatic N) is 3. The number of methoxy groups -OCH3 is 1. The Morgan fingerprint density at radius 3 is 2.53 bits per heavy atom. The Morgan fingerprint density at radius 1 is 1.13 bits per heavy atom. The van der Waals surface area contributed by atoms with Crippen molar-refractivity contribution in [2.75, 3.05) is 7.11 Å². The van der Waals surface area contributed by atoms with Crippen LogP contribution in [0.4, 0.5) is 0 Å². The minimum Gasteiger partial charge on any atom is -0.481 e. The average molecular weight is 201 g/mol. The lowest BCUT2D eigenvalue weighted by atomic mass is 10.2. The lowest BCUT2D eigenvalue weighted by Gasteiger charge is -2.02. The molecular weight excluding hydrogens is 190 g/mol. The molecule has 0 bridgehead atoms. The summed E-state index contributed by atoms with van der Waals surface area (Å²) in [7, 11) is 1.59. The van der Waals surface area contributed by atoms with Crippen LogP contribution in [0.5, 0.6) is 5.88 Å². The molecule has 0 aliphatic rings. The fourth-order valence-corrected chi connectivity index (χ4v) is 1.20. The topological polar surface area (TPSA) is 47.9 Å². The predicted molar refractivity (Wildman–Crippen MR) is 56.6 cm³/mol. The molecule has 0 saturated carbocycles. The van der Waals surface area contributed by atoms with Gasteiger partial charge in [-0.25, -0.2) is 15.0 Å². The van der Waals surface area contributed by atoms with Gasteiger partial charge in [0, 0.05) is 30.2 Å². The molecule has 4 nitrogen and oxygen atoms in total. The molecular formula is C11H11N3O. The first-order valence-electron chi connectivity index (χ1n) is 4.58. The van der Waals surface area contributed by atoms with E-state index in [2.05, 4.69) is 15.0 Å². The molecule has 0 aliphatic carbocycles. The monoisotopic (exact) mass is 201 g/mol. The van der Waals surface area contributed by atoms with Gasteiger partial charge < -0.3 is 4.74 Å². The maximum absolute atomic E-state index is 5.03. The van der Waals surface area contributed by atoms with E-state index in [1.807, 2.05) is 19.1 Å². The maximum atomic E-state index is 5.03. The minimum atomic E-state index is 0.566. The van der Waals surface area contributed by atoms with Crippen molar-refractivity contribution in [2.45, 2.75) is 6.92 Å². The molecule has 0 aromatic carbocycles. The number of ether oxygens (including phenoxy) is 1. The van der Waals surface area contributed by atoms with Crippen LogP contribution in [0.3, 0.4) is 0 Å². The molecule has 15 heavy (non-hydrogen) atoms. The molecule has 0 radical (unpaired) electrons. The van der Waals surface area contributed by atoms with Crippen LogP contribution in [0.1, 0.15) is 5.56 Å². The van der Waals surface area contributed by atoms with Gasteiger partial charge in [0.2, 0.25) is 5.88 Å². The summed E-state index contributed by atoms with van der Waals surface area (Å²) in [5.74, 6) is 1.25. The second kappa shape index (κ2) is 4.04. The molecule has 0 spiro atoms. The van der Waals surface area contributed by atoms with Gasteiger partial charge >= 0.3 is 0 Å². The third kappa shape index (κ3) is 2.10. The molecule has 4 heteroatoms. The summed E-state index contributed by atoms with van der Waals surface area (Å²) in [5, 5.41) is 0. The highest BCUT2D eigenvalue weighted by Crippen LogP contribution is 2.17. The fraction of sp³-hybridized carbons (Fsp3) is 0.182. The van der Waals surface area contributed by atoms with Crippen molar-refractivity contribution in [3.8, 4) is 17.3 Å². The van der Waals surface area contributed by atoms with E-state index in [0.29, 0.717) is 11.7 Å². The predicted octanol–water partition coefficient (Wildman–Crippen LogP) is 1.86. The standard InChI is InChI=1S/C11H11N3O/c1-8-6-13-11(14-7-8)9-3-4-12-10(5-9)15-2/h3-7H,1-2H3. The Labute approximate surface area is 88.0 Å². The number of hydrogen-bond donors (Lipinski definition) is 0. The molecule has 0 saturated heterocycles. The van der Waals surface area contributed by atoms with Crippen LogP contribution in [0, 0.1) is 6.92 Å². The lowest BCUT2D eigenvalue weighted by Crippen LogP contribution is -1.91. The summed E-state index contributed by atoms with van der Waals surface area (Å²) in [4.78, 5) is 12.5. The second-order valence-corrected chi connectivity index (χ2v) is 3.17. The van der Waals surface area contributed by atoms with Crippen molar-refractivity contribution in [3.63, 3.8) is 0 Å². The largest absolute Gasteiger partial charge is 0.481 e. The van der Waals surface area contributed by atoms with Crippen LogP contribution in [-0.4, -0.2) is 22.1 Å². The van der Waals surface area contributed by atoms with Crippen LogP contribution in [0.2, 0.25) is 0 Å². The molecule has 0 amide bonds. The van der Waals surface area contributed by atoms with Crippen molar-refractivity contribution in [2.24, 2.45) is 0 Å². The van der Waals surface area contributed by atoms with Gasteiger partial charge in [0.05, 0.1) is 7.11 Å². The van der Waals surface area contributed by atoms with Crippen LogP contribution in [0.25, 0.3) is 11.4 Å². The van der Waals surface area contributed by atoms with Gasteiger partial charge in [0.25, 0.3) is 0 Å². The molecule has 0 unspecified atom stereocenters. The Morgan fingerprint density at radius 2 is 1.87 bits per heavy atom. The normalized spacial score (nSPS) is 10.0. The summed E-state index contributed by atoms with van der Waals surface area (Å²) in [5.41, 5.74) is 1.95. The first kappa shape index (κ1) is 9.58. The Hall–Kier alpha value is -1.97. The summed E-state index contributed by atoms with van der Waals surface area (Å²) in [6, 6.07) is 3.66. The van der Waals surface area contributed by atoms with Crippen molar-refractivity contribution >= 4 is 0 Å². The van der Waals surface area contributed by atoms with Crippen molar-refractivity contribution < 1.29 is 4.74 Å². The zero-order valence-corrected chi connectivity index (χ0v) is 8.64. The van der Waals surface area contributed by atoms with Crippen molar-refractivity contribution in [1.82, 2.24) is 15.0 Å². The zero-order valence-electron chi connectivity index (χ0n) is 8.64. The highest BCUT2D eigenvalue weighted by Gasteiger charge is 2.02. The highest BCUT2D eigenvalue weighted by atomic mass is 16.5. The number of aryl methyl sites for hydroxylation is 1. The molecule has 76 valence electrons. The molecule has 2 aromatic heterocycles. The van der Waals surface area contributed by atoms with Gasteiger partial charge in [-0.2, -0.15) is 0 Å². The van der Waals surface area contributed by atoms with E-state index in [1.54, 1.807) is 25.7 Å². The van der Waals surface area contributed by atoms with Crippen LogP contribution in [0.15, 0.2) is 30.7 Å². The average Bonchev–Trinajstić information content (AvgIpc) is 2.30. The first-order valence-corrected chi connectivity index (χ1v) is 4.58. The Balaban J connectivity index is 2.40. The summed E-state index contributed by atoms with van der Waals surface area (Å²) < 4.78 is 5.03. The van der Waals surface area contributed by atoms with E-state index in [-0.39, 0.29) is 0 Å². The maximum Gasteiger partial charge on any atom is 0.213 e. The molecule has 2 aromatic rings. The summed E-state index contributed by atoms with van der Waals surface area (Å²) in [6.45, 7) is 1.96. The number of rotatable bonds is 2. The summed E-state index contributed by atoms with van der Waals surface area (Å²) in [6.07, 6.45) is 5.25. The van der Waals surface area contributed by atoms with Gasteiger partial charge in [-0.15, -0.1) is 0 Å². The smallest absolute Gasteiger partial charge is 0.213 e. The Kier molecular flexibility index (Phi) is 2.58. The van der Waals surface area contributed by atoms with Crippen molar-refractivity contribution in [3.05, 3.63) is 36.3 Å². The van der Waals surface area contributed by atoms with E-state index < -0.39 is 0 Å². The number of aromatic nitrogens is 3. The molecule has 0 aliphatic heterocycles. The van der Waals surface area contributed by atoms with E-state index in [4.69, 9.17) is 4.74 Å². The number of pyridine rings is 1.